The van der Waals surface area contributed by atoms with Crippen LogP contribution in [0.1, 0.15) is 13.8 Å². The van der Waals surface area contributed by atoms with Crippen molar-refractivity contribution in [3.8, 4) is 0 Å². The third-order valence-electron chi connectivity index (χ3n) is 0.505. The Morgan fingerprint density at radius 3 is 1.70 bits per heavy atom. The Kier molecular flexibility index (Phi) is 4.68. The predicted octanol–water partition coefficient (Wildman–Crippen LogP) is 0.286. The Labute approximate surface area is 60.6 Å². The van der Waals surface area contributed by atoms with E-state index in [9.17, 15) is 4.57 Å². The second-order valence-corrected chi connectivity index (χ2v) is 2.71. The highest BCUT2D eigenvalue weighted by Crippen LogP contribution is 2.25. The molecule has 0 bridgehead atoms. The van der Waals surface area contributed by atoms with Gasteiger partial charge in [-0.3, -0.25) is 0 Å². The minimum atomic E-state index is -2.16. The van der Waals surface area contributed by atoms with E-state index in [1.165, 1.54) is 0 Å². The molecule has 0 saturated carbocycles. The molecular formula is C4H12N2O3P+. The van der Waals surface area contributed by atoms with Gasteiger partial charge in [-0.2, -0.15) is 0 Å². The molecule has 6 heteroatoms. The van der Waals surface area contributed by atoms with Crippen LogP contribution in [0.25, 0.3) is 0 Å². The minimum Gasteiger partial charge on any atom is -0.302 e. The molecule has 10 heavy (non-hydrogen) atoms. The van der Waals surface area contributed by atoms with Crippen molar-refractivity contribution in [1.29, 1.82) is 0 Å². The summed E-state index contributed by atoms with van der Waals surface area (Å²) in [6.07, 6.45) is -1.19. The maximum atomic E-state index is 10.6. The molecule has 0 aliphatic rings. The largest absolute Gasteiger partial charge is 0.700 e. The maximum absolute atomic E-state index is 10.6. The van der Waals surface area contributed by atoms with E-state index >= 15 is 0 Å². The van der Waals surface area contributed by atoms with Gasteiger partial charge in [0.1, 0.15) is 0 Å². The Balaban J connectivity index is 3.44. The van der Waals surface area contributed by atoms with Crippen molar-refractivity contribution in [3.63, 3.8) is 0 Å². The van der Waals surface area contributed by atoms with Gasteiger partial charge in [-0.05, 0) is 13.8 Å². The number of hydrogen-bond donors (Lipinski definition) is 2. The van der Waals surface area contributed by atoms with Crippen molar-refractivity contribution in [1.82, 2.24) is 0 Å². The van der Waals surface area contributed by atoms with Gasteiger partial charge in [0.2, 0.25) is 0 Å². The lowest BCUT2D eigenvalue weighted by Gasteiger charge is -1.95. The van der Waals surface area contributed by atoms with Crippen LogP contribution in [0, 0.1) is 0 Å². The van der Waals surface area contributed by atoms with Crippen molar-refractivity contribution < 1.29 is 13.6 Å². The van der Waals surface area contributed by atoms with Crippen LogP contribution < -0.4 is 11.5 Å². The third-order valence-corrected chi connectivity index (χ3v) is 1.51. The highest BCUT2D eigenvalue weighted by Gasteiger charge is 2.24. The van der Waals surface area contributed by atoms with Crippen LogP contribution >= 0.6 is 8.25 Å². The molecule has 0 aliphatic heterocycles. The predicted molar refractivity (Wildman–Crippen MR) is 37.1 cm³/mol. The van der Waals surface area contributed by atoms with E-state index in [0.29, 0.717) is 0 Å². The second-order valence-electron chi connectivity index (χ2n) is 1.84. The summed E-state index contributed by atoms with van der Waals surface area (Å²) in [7, 11) is -2.16. The van der Waals surface area contributed by atoms with Gasteiger partial charge in [0, 0.05) is 4.57 Å². The lowest BCUT2D eigenvalue weighted by molar-refractivity contribution is 0.151. The van der Waals surface area contributed by atoms with E-state index in [2.05, 4.69) is 9.05 Å². The summed E-state index contributed by atoms with van der Waals surface area (Å²) < 4.78 is 19.7. The quantitative estimate of drug-likeness (QED) is 0.464. The second kappa shape index (κ2) is 4.71. The fourth-order valence-corrected chi connectivity index (χ4v) is 0.889. The van der Waals surface area contributed by atoms with Crippen molar-refractivity contribution in [3.05, 3.63) is 0 Å². The van der Waals surface area contributed by atoms with E-state index < -0.39 is 20.7 Å². The first kappa shape index (κ1) is 9.94. The van der Waals surface area contributed by atoms with E-state index in [4.69, 9.17) is 11.5 Å². The average Bonchev–Trinajstić information content (AvgIpc) is 1.58. The number of nitrogens with two attached hydrogens (primary N) is 2. The van der Waals surface area contributed by atoms with E-state index in [1.807, 2.05) is 0 Å². The zero-order valence-corrected chi connectivity index (χ0v) is 6.88. The first-order valence-electron chi connectivity index (χ1n) is 2.84. The van der Waals surface area contributed by atoms with Gasteiger partial charge >= 0.3 is 8.25 Å². The van der Waals surface area contributed by atoms with Gasteiger partial charge in [0.05, 0.1) is 0 Å². The van der Waals surface area contributed by atoms with Crippen LogP contribution in [0.15, 0.2) is 0 Å². The van der Waals surface area contributed by atoms with Crippen LogP contribution in [0.2, 0.25) is 0 Å². The van der Waals surface area contributed by atoms with Crippen LogP contribution in [0.4, 0.5) is 0 Å². The van der Waals surface area contributed by atoms with Crippen LogP contribution in [0.3, 0.4) is 0 Å². The van der Waals surface area contributed by atoms with Crippen molar-refractivity contribution >= 4 is 8.25 Å². The van der Waals surface area contributed by atoms with Crippen LogP contribution in [-0.2, 0) is 13.6 Å². The highest BCUT2D eigenvalue weighted by molar-refractivity contribution is 7.33. The molecule has 0 radical (unpaired) electrons. The Morgan fingerprint density at radius 1 is 1.20 bits per heavy atom. The third kappa shape index (κ3) is 6.07. The summed E-state index contributed by atoms with van der Waals surface area (Å²) in [5, 5.41) is 0. The smallest absolute Gasteiger partial charge is 0.302 e. The molecule has 4 N–H and O–H groups in total. The Hall–Kier alpha value is -0.0600. The first-order chi connectivity index (χ1) is 4.52. The lowest BCUT2D eigenvalue weighted by Crippen LogP contribution is -2.19. The number of rotatable bonds is 4. The molecule has 5 nitrogen and oxygen atoms in total. The summed E-state index contributed by atoms with van der Waals surface area (Å²) in [5.41, 5.74) is 10.3. The zero-order chi connectivity index (χ0) is 8.15. The highest BCUT2D eigenvalue weighted by atomic mass is 31.1. The van der Waals surface area contributed by atoms with Crippen molar-refractivity contribution in [2.24, 2.45) is 11.5 Å². The summed E-state index contributed by atoms with van der Waals surface area (Å²) in [6.45, 7) is 3.11. The summed E-state index contributed by atoms with van der Waals surface area (Å²) in [4.78, 5) is 0. The van der Waals surface area contributed by atoms with E-state index in [-0.39, 0.29) is 0 Å². The molecular weight excluding hydrogens is 155 g/mol. The Bertz CT molecular complexity index is 105. The van der Waals surface area contributed by atoms with Crippen LogP contribution in [0.5, 0.6) is 0 Å². The molecule has 0 aromatic heterocycles. The van der Waals surface area contributed by atoms with Gasteiger partial charge < -0.3 is 11.5 Å². The molecule has 2 atom stereocenters. The topological polar surface area (TPSA) is 87.6 Å². The molecule has 0 heterocycles. The zero-order valence-electron chi connectivity index (χ0n) is 5.98. The van der Waals surface area contributed by atoms with Gasteiger partial charge in [-0.15, -0.1) is 9.05 Å². The molecule has 0 amide bonds. The molecule has 0 unspecified atom stereocenters. The van der Waals surface area contributed by atoms with Crippen molar-refractivity contribution in [2.75, 3.05) is 0 Å². The molecule has 0 saturated heterocycles. The molecule has 0 fully saturated rings. The molecule has 0 aromatic rings. The Morgan fingerprint density at radius 2 is 1.50 bits per heavy atom. The maximum Gasteiger partial charge on any atom is 0.700 e. The van der Waals surface area contributed by atoms with Crippen molar-refractivity contribution in [2.45, 2.75) is 26.3 Å². The molecule has 0 aliphatic carbocycles. The van der Waals surface area contributed by atoms with E-state index in [1.54, 1.807) is 13.8 Å². The van der Waals surface area contributed by atoms with E-state index in [0.717, 1.165) is 0 Å². The lowest BCUT2D eigenvalue weighted by atomic mass is 10.7. The standard InChI is InChI=1S/C4H12N2O3P/c1-3(5)8-10(7)9-4(2)6/h3-4H,5-6H2,1-2H3/q+1/t3-,4-/m1/s1. The van der Waals surface area contributed by atoms with Gasteiger partial charge in [-0.25, -0.2) is 0 Å². The van der Waals surface area contributed by atoms with Gasteiger partial charge in [0.15, 0.2) is 12.5 Å². The SMILES string of the molecule is C[C@H](N)O[P+](=O)O[C@H](C)N. The monoisotopic (exact) mass is 167 g/mol. The molecule has 0 rings (SSSR count). The minimum absolute atomic E-state index is 0.595. The molecule has 0 spiro atoms. The first-order valence-corrected chi connectivity index (χ1v) is 3.94. The number of hydrogen-bond acceptors (Lipinski definition) is 5. The fourth-order valence-electron chi connectivity index (χ4n) is 0.296. The summed E-state index contributed by atoms with van der Waals surface area (Å²) in [5.74, 6) is 0. The normalized spacial score (nSPS) is 16.4. The van der Waals surface area contributed by atoms with Crippen LogP contribution in [-0.4, -0.2) is 12.5 Å². The summed E-state index contributed by atoms with van der Waals surface area (Å²) in [6, 6.07) is 0. The van der Waals surface area contributed by atoms with Gasteiger partial charge in [-0.1, -0.05) is 0 Å². The average molecular weight is 167 g/mol. The molecule has 60 valence electrons. The van der Waals surface area contributed by atoms with Gasteiger partial charge in [0.25, 0.3) is 0 Å². The summed E-state index contributed by atoms with van der Waals surface area (Å²) >= 11 is 0. The molecule has 0 aromatic carbocycles. The fraction of sp³-hybridized carbons (Fsp3) is 1.00.